The number of rotatable bonds is 2. The fourth-order valence-electron chi connectivity index (χ4n) is 2.01. The minimum absolute atomic E-state index is 0.0126. The number of ether oxygens (including phenoxy) is 1. The molecule has 2 atom stereocenters. The van der Waals surface area contributed by atoms with Gasteiger partial charge in [0.2, 0.25) is 0 Å². The van der Waals surface area contributed by atoms with Gasteiger partial charge in [-0.05, 0) is 19.1 Å². The summed E-state index contributed by atoms with van der Waals surface area (Å²) >= 11 is 5.87. The first-order valence-electron chi connectivity index (χ1n) is 5.53. The van der Waals surface area contributed by atoms with Crippen LogP contribution in [0.5, 0.6) is 0 Å². The van der Waals surface area contributed by atoms with Gasteiger partial charge in [-0.3, -0.25) is 0 Å². The molecule has 0 radical (unpaired) electrons. The van der Waals surface area contributed by atoms with E-state index in [0.29, 0.717) is 29.7 Å². The second kappa shape index (κ2) is 5.08. The van der Waals surface area contributed by atoms with Gasteiger partial charge in [0, 0.05) is 13.1 Å². The summed E-state index contributed by atoms with van der Waals surface area (Å²) in [6, 6.07) is 3.40. The lowest BCUT2D eigenvalue weighted by Gasteiger charge is -2.37. The Hall–Kier alpha value is -1.04. The molecular weight excluding hydrogens is 242 g/mol. The third-order valence-electron chi connectivity index (χ3n) is 2.70. The molecular formula is C11H16ClN3O2. The third kappa shape index (κ3) is 2.80. The molecule has 1 aromatic rings. The summed E-state index contributed by atoms with van der Waals surface area (Å²) in [5.41, 5.74) is 6.47. The lowest BCUT2D eigenvalue weighted by molar-refractivity contribution is -0.0422. The first kappa shape index (κ1) is 12.4. The zero-order valence-corrected chi connectivity index (χ0v) is 10.4. The number of anilines is 2. The molecule has 1 fully saturated rings. The summed E-state index contributed by atoms with van der Waals surface area (Å²) in [6.07, 6.45) is -0.181. The first-order valence-corrected chi connectivity index (χ1v) is 5.91. The molecule has 0 saturated carbocycles. The minimum atomic E-state index is -0.209. The normalized spacial score (nSPS) is 25.0. The highest BCUT2D eigenvalue weighted by Crippen LogP contribution is 2.25. The molecule has 17 heavy (non-hydrogen) atoms. The molecule has 0 aromatic carbocycles. The zero-order valence-electron chi connectivity index (χ0n) is 9.64. The maximum Gasteiger partial charge on any atom is 0.153 e. The number of nitrogens with two attached hydrogens (primary N) is 1. The van der Waals surface area contributed by atoms with E-state index in [9.17, 15) is 0 Å². The van der Waals surface area contributed by atoms with Gasteiger partial charge in [-0.15, -0.1) is 0 Å². The van der Waals surface area contributed by atoms with E-state index in [1.54, 1.807) is 12.1 Å². The molecule has 2 rings (SSSR count). The third-order valence-corrected chi connectivity index (χ3v) is 2.91. The largest absolute Gasteiger partial charge is 0.396 e. The molecule has 94 valence electrons. The summed E-state index contributed by atoms with van der Waals surface area (Å²) in [6.45, 7) is 3.20. The van der Waals surface area contributed by atoms with Crippen molar-refractivity contribution in [1.29, 1.82) is 0 Å². The van der Waals surface area contributed by atoms with Crippen molar-refractivity contribution in [3.8, 4) is 0 Å². The highest BCUT2D eigenvalue weighted by Gasteiger charge is 2.26. The Kier molecular flexibility index (Phi) is 3.71. The summed E-state index contributed by atoms with van der Waals surface area (Å²) < 4.78 is 5.56. The SMILES string of the molecule is CC1CN(c2nc(Cl)ccc2N)CC(CO)O1. The van der Waals surface area contributed by atoms with Gasteiger partial charge in [-0.2, -0.15) is 0 Å². The van der Waals surface area contributed by atoms with Crippen LogP contribution in [0, 0.1) is 0 Å². The molecule has 2 unspecified atom stereocenters. The monoisotopic (exact) mass is 257 g/mol. The van der Waals surface area contributed by atoms with Crippen molar-refractivity contribution in [1.82, 2.24) is 4.98 Å². The predicted octanol–water partition coefficient (Wildman–Crippen LogP) is 0.903. The van der Waals surface area contributed by atoms with Crippen LogP contribution >= 0.6 is 11.6 Å². The highest BCUT2D eigenvalue weighted by molar-refractivity contribution is 6.29. The molecule has 1 aliphatic heterocycles. The smallest absolute Gasteiger partial charge is 0.153 e. The molecule has 1 aliphatic rings. The lowest BCUT2D eigenvalue weighted by atomic mass is 10.2. The van der Waals surface area contributed by atoms with Crippen molar-refractivity contribution in [2.45, 2.75) is 19.1 Å². The van der Waals surface area contributed by atoms with Crippen molar-refractivity contribution in [2.24, 2.45) is 0 Å². The molecule has 6 heteroatoms. The van der Waals surface area contributed by atoms with Gasteiger partial charge >= 0.3 is 0 Å². The molecule has 1 saturated heterocycles. The maximum absolute atomic E-state index is 9.17. The lowest BCUT2D eigenvalue weighted by Crippen LogP contribution is -2.48. The van der Waals surface area contributed by atoms with Crippen molar-refractivity contribution in [3.05, 3.63) is 17.3 Å². The van der Waals surface area contributed by atoms with Crippen LogP contribution in [0.4, 0.5) is 11.5 Å². The number of aromatic nitrogens is 1. The second-order valence-corrected chi connectivity index (χ2v) is 4.59. The second-order valence-electron chi connectivity index (χ2n) is 4.20. The number of morpholine rings is 1. The fraction of sp³-hybridized carbons (Fsp3) is 0.545. The van der Waals surface area contributed by atoms with Gasteiger partial charge in [0.05, 0.1) is 24.5 Å². The number of nitrogens with zero attached hydrogens (tertiary/aromatic N) is 2. The van der Waals surface area contributed by atoms with E-state index in [-0.39, 0.29) is 18.8 Å². The van der Waals surface area contributed by atoms with Gasteiger partial charge in [0.1, 0.15) is 5.15 Å². The minimum Gasteiger partial charge on any atom is -0.396 e. The van der Waals surface area contributed by atoms with E-state index >= 15 is 0 Å². The van der Waals surface area contributed by atoms with E-state index in [1.807, 2.05) is 11.8 Å². The van der Waals surface area contributed by atoms with Gasteiger partial charge in [0.15, 0.2) is 5.82 Å². The Morgan fingerprint density at radius 2 is 2.35 bits per heavy atom. The van der Waals surface area contributed by atoms with Gasteiger partial charge in [0.25, 0.3) is 0 Å². The summed E-state index contributed by atoms with van der Waals surface area (Å²) in [5.74, 6) is 0.658. The maximum atomic E-state index is 9.17. The molecule has 0 aliphatic carbocycles. The molecule has 0 spiro atoms. The quantitative estimate of drug-likeness (QED) is 0.771. The number of pyridine rings is 1. The van der Waals surface area contributed by atoms with Crippen LogP contribution in [-0.4, -0.2) is 42.0 Å². The highest BCUT2D eigenvalue weighted by atomic mass is 35.5. The average Bonchev–Trinajstić information content (AvgIpc) is 2.31. The van der Waals surface area contributed by atoms with Crippen molar-refractivity contribution in [3.63, 3.8) is 0 Å². The van der Waals surface area contributed by atoms with Gasteiger partial charge < -0.3 is 20.5 Å². The van der Waals surface area contributed by atoms with Crippen LogP contribution in [0.1, 0.15) is 6.92 Å². The Labute approximate surface area is 105 Å². The zero-order chi connectivity index (χ0) is 12.4. The van der Waals surface area contributed by atoms with Crippen LogP contribution in [0.25, 0.3) is 0 Å². The number of nitrogen functional groups attached to an aromatic ring is 1. The average molecular weight is 258 g/mol. The topological polar surface area (TPSA) is 71.6 Å². The molecule has 5 nitrogen and oxygen atoms in total. The Balaban J connectivity index is 2.23. The molecule has 2 heterocycles. The van der Waals surface area contributed by atoms with E-state index in [1.165, 1.54) is 0 Å². The summed E-state index contributed by atoms with van der Waals surface area (Å²) in [5, 5.41) is 9.58. The van der Waals surface area contributed by atoms with Gasteiger partial charge in [-0.25, -0.2) is 4.98 Å². The molecule has 0 bridgehead atoms. The van der Waals surface area contributed by atoms with E-state index in [2.05, 4.69) is 4.98 Å². The van der Waals surface area contributed by atoms with E-state index in [4.69, 9.17) is 27.2 Å². The predicted molar refractivity (Wildman–Crippen MR) is 67.3 cm³/mol. The van der Waals surface area contributed by atoms with Gasteiger partial charge in [-0.1, -0.05) is 11.6 Å². The van der Waals surface area contributed by atoms with Crippen molar-refractivity contribution >= 4 is 23.1 Å². The van der Waals surface area contributed by atoms with Crippen molar-refractivity contribution in [2.75, 3.05) is 30.3 Å². The van der Waals surface area contributed by atoms with E-state index in [0.717, 1.165) is 0 Å². The van der Waals surface area contributed by atoms with Crippen LogP contribution in [0.15, 0.2) is 12.1 Å². The number of halogens is 1. The fourth-order valence-corrected chi connectivity index (χ4v) is 2.15. The Bertz CT molecular complexity index is 402. The number of aliphatic hydroxyl groups excluding tert-OH is 1. The number of aliphatic hydroxyl groups is 1. The van der Waals surface area contributed by atoms with Crippen LogP contribution in [-0.2, 0) is 4.74 Å². The van der Waals surface area contributed by atoms with Crippen LogP contribution in [0.3, 0.4) is 0 Å². The Morgan fingerprint density at radius 3 is 3.06 bits per heavy atom. The van der Waals surface area contributed by atoms with Crippen molar-refractivity contribution < 1.29 is 9.84 Å². The number of hydrogen-bond acceptors (Lipinski definition) is 5. The summed E-state index contributed by atoms with van der Waals surface area (Å²) in [7, 11) is 0. The standard InChI is InChI=1S/C11H16ClN3O2/c1-7-4-15(5-8(6-16)17-7)11-9(13)2-3-10(12)14-11/h2-3,7-8,16H,4-6,13H2,1H3. The molecule has 0 amide bonds. The van der Waals surface area contributed by atoms with Crippen LogP contribution < -0.4 is 10.6 Å². The Morgan fingerprint density at radius 1 is 1.59 bits per heavy atom. The molecule has 1 aromatic heterocycles. The first-order chi connectivity index (χ1) is 8.10. The van der Waals surface area contributed by atoms with Crippen LogP contribution in [0.2, 0.25) is 5.15 Å². The van der Waals surface area contributed by atoms with E-state index < -0.39 is 0 Å². The summed E-state index contributed by atoms with van der Waals surface area (Å²) in [4.78, 5) is 6.23. The number of hydrogen-bond donors (Lipinski definition) is 2. The molecule has 3 N–H and O–H groups in total.